The molecule has 0 aliphatic carbocycles. The number of carbonyl (C=O) groups is 2. The van der Waals surface area contributed by atoms with E-state index in [9.17, 15) is 9.59 Å². The minimum Gasteiger partial charge on any atom is -0.481 e. The van der Waals surface area contributed by atoms with Crippen LogP contribution in [-0.4, -0.2) is 52.6 Å². The lowest BCUT2D eigenvalue weighted by Gasteiger charge is -2.39. The smallest absolute Gasteiger partial charge is 0.320 e. The molecule has 5 nitrogen and oxygen atoms in total. The summed E-state index contributed by atoms with van der Waals surface area (Å²) in [6, 6.07) is 0.103. The molecule has 0 aromatic rings. The van der Waals surface area contributed by atoms with Crippen molar-refractivity contribution in [1.82, 2.24) is 9.80 Å². The summed E-state index contributed by atoms with van der Waals surface area (Å²) in [7, 11) is 0. The highest BCUT2D eigenvalue weighted by molar-refractivity contribution is 5.76. The van der Waals surface area contributed by atoms with Crippen molar-refractivity contribution in [3.63, 3.8) is 0 Å². The quantitative estimate of drug-likeness (QED) is 0.785. The van der Waals surface area contributed by atoms with E-state index in [1.807, 2.05) is 16.7 Å². The third-order valence-electron chi connectivity index (χ3n) is 4.30. The van der Waals surface area contributed by atoms with E-state index in [1.165, 1.54) is 0 Å². The molecule has 1 aliphatic heterocycles. The molecule has 1 fully saturated rings. The number of piperidine rings is 1. The van der Waals surface area contributed by atoms with Gasteiger partial charge in [-0.2, -0.15) is 0 Å². The summed E-state index contributed by atoms with van der Waals surface area (Å²) >= 11 is 0. The van der Waals surface area contributed by atoms with E-state index >= 15 is 0 Å². The molecule has 21 heavy (non-hydrogen) atoms. The molecule has 2 atom stereocenters. The number of aliphatic carboxylic acids is 1. The van der Waals surface area contributed by atoms with Crippen LogP contribution in [0.4, 0.5) is 4.79 Å². The zero-order valence-electron chi connectivity index (χ0n) is 13.7. The predicted octanol–water partition coefficient (Wildman–Crippen LogP) is 3.19. The molecule has 0 aromatic heterocycles. The van der Waals surface area contributed by atoms with Crippen LogP contribution in [0.1, 0.15) is 59.3 Å². The molecular weight excluding hydrogens is 268 g/mol. The van der Waals surface area contributed by atoms with Gasteiger partial charge in [-0.3, -0.25) is 4.79 Å². The molecule has 1 saturated heterocycles. The molecule has 0 saturated carbocycles. The van der Waals surface area contributed by atoms with Gasteiger partial charge in [0, 0.05) is 25.7 Å². The van der Waals surface area contributed by atoms with Crippen molar-refractivity contribution >= 4 is 12.0 Å². The van der Waals surface area contributed by atoms with E-state index in [4.69, 9.17) is 5.11 Å². The number of nitrogens with zero attached hydrogens (tertiary/aromatic N) is 2. The van der Waals surface area contributed by atoms with Gasteiger partial charge in [-0.1, -0.05) is 26.7 Å². The van der Waals surface area contributed by atoms with E-state index in [-0.39, 0.29) is 18.0 Å². The maximum Gasteiger partial charge on any atom is 0.320 e. The molecule has 1 rings (SSSR count). The molecule has 1 heterocycles. The van der Waals surface area contributed by atoms with Crippen molar-refractivity contribution < 1.29 is 14.7 Å². The Kier molecular flexibility index (Phi) is 7.54. The molecule has 2 unspecified atom stereocenters. The average Bonchev–Trinajstić information content (AvgIpc) is 2.46. The Morgan fingerprint density at radius 3 is 2.19 bits per heavy atom. The highest BCUT2D eigenvalue weighted by Gasteiger charge is 2.33. The van der Waals surface area contributed by atoms with Gasteiger partial charge in [-0.05, 0) is 32.6 Å². The van der Waals surface area contributed by atoms with E-state index in [0.717, 1.165) is 38.8 Å². The third kappa shape index (κ3) is 5.21. The zero-order valence-corrected chi connectivity index (χ0v) is 13.7. The lowest BCUT2D eigenvalue weighted by Crippen LogP contribution is -2.52. The maximum atomic E-state index is 12.7. The summed E-state index contributed by atoms with van der Waals surface area (Å²) in [6.45, 7) is 8.39. The van der Waals surface area contributed by atoms with Crippen molar-refractivity contribution in [3.8, 4) is 0 Å². The number of likely N-dealkylation sites (tertiary alicyclic amines) is 1. The molecule has 0 aromatic carbocycles. The van der Waals surface area contributed by atoms with Gasteiger partial charge in [0.1, 0.15) is 0 Å². The van der Waals surface area contributed by atoms with Crippen LogP contribution in [0.3, 0.4) is 0 Å². The summed E-state index contributed by atoms with van der Waals surface area (Å²) in [5.74, 6) is -1.04. The summed E-state index contributed by atoms with van der Waals surface area (Å²) in [4.78, 5) is 27.6. The van der Waals surface area contributed by atoms with Crippen LogP contribution in [0.15, 0.2) is 0 Å². The summed E-state index contributed by atoms with van der Waals surface area (Å²) in [5.41, 5.74) is 0. The molecule has 0 radical (unpaired) electrons. The van der Waals surface area contributed by atoms with Crippen LogP contribution in [0.2, 0.25) is 0 Å². The number of hydrogen-bond acceptors (Lipinski definition) is 2. The number of carboxylic acid groups (broad SMARTS) is 1. The third-order valence-corrected chi connectivity index (χ3v) is 4.30. The second-order valence-corrected chi connectivity index (χ2v) is 6.08. The largest absolute Gasteiger partial charge is 0.481 e. The number of hydrogen-bond donors (Lipinski definition) is 1. The van der Waals surface area contributed by atoms with Crippen molar-refractivity contribution in [1.29, 1.82) is 0 Å². The van der Waals surface area contributed by atoms with Gasteiger partial charge in [-0.25, -0.2) is 4.79 Å². The summed E-state index contributed by atoms with van der Waals surface area (Å²) in [5, 5.41) is 9.11. The highest BCUT2D eigenvalue weighted by Crippen LogP contribution is 2.24. The minimum atomic E-state index is -0.734. The molecule has 1 N–H and O–H groups in total. The fraction of sp³-hybridized carbons (Fsp3) is 0.875. The molecule has 122 valence electrons. The van der Waals surface area contributed by atoms with Crippen LogP contribution in [-0.2, 0) is 4.79 Å². The van der Waals surface area contributed by atoms with Gasteiger partial charge in [0.25, 0.3) is 0 Å². The zero-order chi connectivity index (χ0) is 15.8. The van der Waals surface area contributed by atoms with E-state index < -0.39 is 5.97 Å². The number of unbranched alkanes of at least 4 members (excludes halogenated alkanes) is 2. The first-order chi connectivity index (χ1) is 10.0. The lowest BCUT2D eigenvalue weighted by molar-refractivity contribution is -0.143. The number of rotatable bonds is 7. The minimum absolute atomic E-state index is 0.0121. The molecular formula is C16H30N2O3. The first-order valence-electron chi connectivity index (χ1n) is 8.29. The first kappa shape index (κ1) is 17.8. The molecule has 1 aliphatic rings. The van der Waals surface area contributed by atoms with Gasteiger partial charge in [-0.15, -0.1) is 0 Å². The fourth-order valence-electron chi connectivity index (χ4n) is 2.86. The Labute approximate surface area is 128 Å². The summed E-state index contributed by atoms with van der Waals surface area (Å²) < 4.78 is 0. The van der Waals surface area contributed by atoms with E-state index in [2.05, 4.69) is 13.8 Å². The highest BCUT2D eigenvalue weighted by atomic mass is 16.4. The van der Waals surface area contributed by atoms with Crippen LogP contribution >= 0.6 is 0 Å². The van der Waals surface area contributed by atoms with Crippen molar-refractivity contribution in [2.45, 2.75) is 65.3 Å². The number of amides is 2. The van der Waals surface area contributed by atoms with Crippen LogP contribution < -0.4 is 0 Å². The van der Waals surface area contributed by atoms with Crippen molar-refractivity contribution in [2.24, 2.45) is 5.92 Å². The van der Waals surface area contributed by atoms with Gasteiger partial charge >= 0.3 is 12.0 Å². The van der Waals surface area contributed by atoms with Gasteiger partial charge in [0.2, 0.25) is 0 Å². The lowest BCUT2D eigenvalue weighted by atomic mass is 9.92. The standard InChI is InChI=1S/C16H30N2O3/c1-4-6-9-17(10-7-5-2)16(21)18-11-8-14(15(19)20)12-13(18)3/h13-14H,4-12H2,1-3H3,(H,19,20). The predicted molar refractivity (Wildman–Crippen MR) is 83.3 cm³/mol. The van der Waals surface area contributed by atoms with Crippen molar-refractivity contribution in [3.05, 3.63) is 0 Å². The number of carbonyl (C=O) groups excluding carboxylic acids is 1. The number of urea groups is 1. The van der Waals surface area contributed by atoms with Gasteiger partial charge < -0.3 is 14.9 Å². The molecule has 0 bridgehead atoms. The molecule has 5 heteroatoms. The SMILES string of the molecule is CCCCN(CCCC)C(=O)N1CCC(C(=O)O)CC1C. The average molecular weight is 298 g/mol. The Bertz CT molecular complexity index is 338. The second-order valence-electron chi connectivity index (χ2n) is 6.08. The monoisotopic (exact) mass is 298 g/mol. The fourth-order valence-corrected chi connectivity index (χ4v) is 2.86. The van der Waals surface area contributed by atoms with Crippen LogP contribution in [0.5, 0.6) is 0 Å². The maximum absolute atomic E-state index is 12.7. The second kappa shape index (κ2) is 8.90. The Morgan fingerprint density at radius 2 is 1.76 bits per heavy atom. The normalized spacial score (nSPS) is 22.1. The summed E-state index contributed by atoms with van der Waals surface area (Å²) in [6.07, 6.45) is 5.33. The van der Waals surface area contributed by atoms with E-state index in [0.29, 0.717) is 19.4 Å². The van der Waals surface area contributed by atoms with E-state index in [1.54, 1.807) is 0 Å². The Hall–Kier alpha value is -1.26. The topological polar surface area (TPSA) is 60.9 Å². The first-order valence-corrected chi connectivity index (χ1v) is 8.29. The van der Waals surface area contributed by atoms with Gasteiger partial charge in [0.15, 0.2) is 0 Å². The Morgan fingerprint density at radius 1 is 1.19 bits per heavy atom. The molecule has 0 spiro atoms. The Balaban J connectivity index is 2.63. The van der Waals surface area contributed by atoms with Crippen LogP contribution in [0.25, 0.3) is 0 Å². The van der Waals surface area contributed by atoms with Gasteiger partial charge in [0.05, 0.1) is 5.92 Å². The van der Waals surface area contributed by atoms with Crippen LogP contribution in [0, 0.1) is 5.92 Å². The molecule has 2 amide bonds. The van der Waals surface area contributed by atoms with Crippen molar-refractivity contribution in [2.75, 3.05) is 19.6 Å². The number of carboxylic acids is 1.